The fourth-order valence-corrected chi connectivity index (χ4v) is 2.68. The molecule has 0 spiro atoms. The van der Waals surface area contributed by atoms with Crippen molar-refractivity contribution in [3.63, 3.8) is 0 Å². The Hall–Kier alpha value is -2.66. The lowest BCUT2D eigenvalue weighted by molar-refractivity contribution is -0.123. The van der Waals surface area contributed by atoms with Crippen LogP contribution in [-0.2, 0) is 11.3 Å². The van der Waals surface area contributed by atoms with Gasteiger partial charge in [0.2, 0.25) is 5.91 Å². The first kappa shape index (κ1) is 21.6. The zero-order valence-corrected chi connectivity index (χ0v) is 17.3. The molecule has 2 aromatic carbocycles. The summed E-state index contributed by atoms with van der Waals surface area (Å²) in [5.74, 6) is -0.205. The zero-order chi connectivity index (χ0) is 20.6. The van der Waals surface area contributed by atoms with Crippen molar-refractivity contribution in [3.8, 4) is 0 Å². The topological polar surface area (TPSA) is 61.4 Å². The molecule has 2 rings (SSSR count). The fourth-order valence-electron chi connectivity index (χ4n) is 2.68. The summed E-state index contributed by atoms with van der Waals surface area (Å²) in [5, 5.41) is 5.81. The number of carbonyl (C=O) groups excluding carboxylic acids is 2. The highest BCUT2D eigenvalue weighted by molar-refractivity contribution is 5.98. The van der Waals surface area contributed by atoms with E-state index in [-0.39, 0.29) is 11.8 Å². The Morgan fingerprint density at radius 2 is 1.71 bits per heavy atom. The highest BCUT2D eigenvalue weighted by atomic mass is 16.2. The van der Waals surface area contributed by atoms with Crippen molar-refractivity contribution in [2.75, 3.05) is 25.5 Å². The Morgan fingerprint density at radius 1 is 1.00 bits per heavy atom. The first-order valence-electron chi connectivity index (χ1n) is 9.68. The molecule has 2 aromatic rings. The lowest BCUT2D eigenvalue weighted by Crippen LogP contribution is -2.29. The molecular weight excluding hydrogens is 350 g/mol. The van der Waals surface area contributed by atoms with E-state index in [1.165, 1.54) is 5.56 Å². The molecule has 2 N–H and O–H groups in total. The van der Waals surface area contributed by atoms with Crippen LogP contribution in [0, 0.1) is 5.41 Å². The molecule has 0 radical (unpaired) electrons. The van der Waals surface area contributed by atoms with Crippen LogP contribution in [-0.4, -0.2) is 36.9 Å². The van der Waals surface area contributed by atoms with Gasteiger partial charge in [-0.2, -0.15) is 0 Å². The summed E-state index contributed by atoms with van der Waals surface area (Å²) < 4.78 is 0. The lowest BCUT2D eigenvalue weighted by Gasteiger charge is -2.18. The Kier molecular flexibility index (Phi) is 7.76. The second-order valence-corrected chi connectivity index (χ2v) is 8.12. The van der Waals surface area contributed by atoms with Gasteiger partial charge in [0.1, 0.15) is 0 Å². The van der Waals surface area contributed by atoms with Crippen LogP contribution in [0.15, 0.2) is 54.6 Å². The van der Waals surface area contributed by atoms with E-state index in [9.17, 15) is 9.59 Å². The van der Waals surface area contributed by atoms with E-state index in [0.717, 1.165) is 19.5 Å². The van der Waals surface area contributed by atoms with Crippen molar-refractivity contribution in [2.24, 2.45) is 5.41 Å². The van der Waals surface area contributed by atoms with Crippen LogP contribution >= 0.6 is 0 Å². The van der Waals surface area contributed by atoms with Gasteiger partial charge in [-0.3, -0.25) is 9.59 Å². The monoisotopic (exact) mass is 381 g/mol. The molecule has 150 valence electrons. The Bertz CT molecular complexity index is 782. The van der Waals surface area contributed by atoms with Gasteiger partial charge < -0.3 is 15.5 Å². The van der Waals surface area contributed by atoms with Crippen molar-refractivity contribution in [1.29, 1.82) is 0 Å². The molecule has 5 nitrogen and oxygen atoms in total. The summed E-state index contributed by atoms with van der Waals surface area (Å²) in [6.07, 6.45) is 0.871. The van der Waals surface area contributed by atoms with E-state index < -0.39 is 5.41 Å². The molecule has 0 aliphatic carbocycles. The highest BCUT2D eigenvalue weighted by Gasteiger charge is 2.21. The summed E-state index contributed by atoms with van der Waals surface area (Å²) in [5.41, 5.74) is 1.98. The van der Waals surface area contributed by atoms with Crippen LogP contribution in [0.5, 0.6) is 0 Å². The molecule has 0 aliphatic rings. The minimum atomic E-state index is -0.482. The largest absolute Gasteiger partial charge is 0.352 e. The molecule has 0 fully saturated rings. The predicted octanol–water partition coefficient (Wildman–Crippen LogP) is 3.92. The molecule has 5 heteroatoms. The molecule has 0 unspecified atom stereocenters. The number of anilines is 1. The Morgan fingerprint density at radius 3 is 2.39 bits per heavy atom. The van der Waals surface area contributed by atoms with Crippen LogP contribution in [0.2, 0.25) is 0 Å². The van der Waals surface area contributed by atoms with E-state index >= 15 is 0 Å². The summed E-state index contributed by atoms with van der Waals surface area (Å²) in [7, 11) is 2.08. The number of hydrogen-bond acceptors (Lipinski definition) is 3. The van der Waals surface area contributed by atoms with Gasteiger partial charge in [0.25, 0.3) is 5.91 Å². The summed E-state index contributed by atoms with van der Waals surface area (Å²) in [4.78, 5) is 26.7. The average molecular weight is 382 g/mol. The third-order valence-electron chi connectivity index (χ3n) is 4.36. The molecule has 0 aliphatic heterocycles. The Labute approximate surface area is 168 Å². The van der Waals surface area contributed by atoms with Gasteiger partial charge >= 0.3 is 0 Å². The minimum absolute atomic E-state index is 0.0773. The predicted molar refractivity (Wildman–Crippen MR) is 114 cm³/mol. The quantitative estimate of drug-likeness (QED) is 0.681. The molecular formula is C23H31N3O2. The van der Waals surface area contributed by atoms with Gasteiger partial charge in [-0.05, 0) is 43.8 Å². The third-order valence-corrected chi connectivity index (χ3v) is 4.36. The van der Waals surface area contributed by atoms with Crippen LogP contribution in [0.25, 0.3) is 0 Å². The van der Waals surface area contributed by atoms with Gasteiger partial charge in [-0.15, -0.1) is 0 Å². The second-order valence-electron chi connectivity index (χ2n) is 8.12. The Balaban J connectivity index is 1.77. The van der Waals surface area contributed by atoms with E-state index in [1.807, 2.05) is 39.0 Å². The molecule has 28 heavy (non-hydrogen) atoms. The van der Waals surface area contributed by atoms with E-state index in [1.54, 1.807) is 24.3 Å². The number of benzene rings is 2. The maximum absolute atomic E-state index is 12.4. The van der Waals surface area contributed by atoms with Gasteiger partial charge in [-0.25, -0.2) is 0 Å². The zero-order valence-electron chi connectivity index (χ0n) is 17.3. The minimum Gasteiger partial charge on any atom is -0.352 e. The maximum Gasteiger partial charge on any atom is 0.251 e. The van der Waals surface area contributed by atoms with Gasteiger partial charge in [0.15, 0.2) is 0 Å². The molecule has 0 bridgehead atoms. The molecule has 0 saturated carbocycles. The standard InChI is InChI=1S/C23H31N3O2/c1-23(2,3)22(28)25-20-13-8-12-19(16-20)21(27)24-14-9-15-26(4)17-18-10-6-5-7-11-18/h5-8,10-13,16H,9,14-15,17H2,1-4H3,(H,24,27)(H,25,28). The summed E-state index contributed by atoms with van der Waals surface area (Å²) in [6.45, 7) is 7.97. The van der Waals surface area contributed by atoms with Crippen LogP contribution in [0.4, 0.5) is 5.69 Å². The first-order valence-corrected chi connectivity index (χ1v) is 9.68. The van der Waals surface area contributed by atoms with Gasteiger partial charge in [0.05, 0.1) is 0 Å². The number of nitrogens with one attached hydrogen (secondary N) is 2. The van der Waals surface area contributed by atoms with Gasteiger partial charge in [-0.1, -0.05) is 57.2 Å². The number of carbonyl (C=O) groups is 2. The van der Waals surface area contributed by atoms with Crippen LogP contribution < -0.4 is 10.6 Å². The number of nitrogens with zero attached hydrogens (tertiary/aromatic N) is 1. The van der Waals surface area contributed by atoms with E-state index in [4.69, 9.17) is 0 Å². The van der Waals surface area contributed by atoms with Crippen LogP contribution in [0.1, 0.15) is 43.1 Å². The number of hydrogen-bond donors (Lipinski definition) is 2. The van der Waals surface area contributed by atoms with Crippen molar-refractivity contribution in [3.05, 3.63) is 65.7 Å². The third kappa shape index (κ3) is 7.16. The lowest BCUT2D eigenvalue weighted by atomic mass is 9.95. The average Bonchev–Trinajstić information content (AvgIpc) is 2.65. The van der Waals surface area contributed by atoms with Crippen molar-refractivity contribution >= 4 is 17.5 Å². The highest BCUT2D eigenvalue weighted by Crippen LogP contribution is 2.18. The first-order chi connectivity index (χ1) is 13.3. The molecule has 0 heterocycles. The SMILES string of the molecule is CN(CCCNC(=O)c1cccc(NC(=O)C(C)(C)C)c1)Cc1ccccc1. The summed E-state index contributed by atoms with van der Waals surface area (Å²) in [6, 6.07) is 17.4. The van der Waals surface area contributed by atoms with E-state index in [0.29, 0.717) is 17.8 Å². The maximum atomic E-state index is 12.4. The second kappa shape index (κ2) is 10.0. The molecule has 0 atom stereocenters. The normalized spacial score (nSPS) is 11.3. The van der Waals surface area contributed by atoms with Gasteiger partial charge in [0, 0.05) is 29.8 Å². The molecule has 2 amide bonds. The van der Waals surface area contributed by atoms with Crippen molar-refractivity contribution < 1.29 is 9.59 Å². The number of rotatable bonds is 8. The summed E-state index contributed by atoms with van der Waals surface area (Å²) >= 11 is 0. The number of amides is 2. The molecule has 0 saturated heterocycles. The fraction of sp³-hybridized carbons (Fsp3) is 0.391. The molecule has 0 aromatic heterocycles. The van der Waals surface area contributed by atoms with E-state index in [2.05, 4.69) is 34.7 Å². The van der Waals surface area contributed by atoms with Crippen molar-refractivity contribution in [2.45, 2.75) is 33.7 Å². The van der Waals surface area contributed by atoms with Crippen LogP contribution in [0.3, 0.4) is 0 Å². The van der Waals surface area contributed by atoms with Crippen molar-refractivity contribution in [1.82, 2.24) is 10.2 Å². The smallest absolute Gasteiger partial charge is 0.251 e.